The van der Waals surface area contributed by atoms with Crippen LogP contribution in [-0.4, -0.2) is 50.1 Å². The zero-order valence-corrected chi connectivity index (χ0v) is 18.7. The van der Waals surface area contributed by atoms with Crippen LogP contribution in [0.25, 0.3) is 11.1 Å². The van der Waals surface area contributed by atoms with E-state index in [1.807, 2.05) is 42.5 Å². The average Bonchev–Trinajstić information content (AvgIpc) is 2.86. The molecular weight excluding hydrogens is 448 g/mol. The number of hydrogen-bond acceptors (Lipinski definition) is 6. The molecule has 4 rings (SSSR count). The third-order valence-corrected chi connectivity index (χ3v) is 5.71. The number of nitrogens with one attached hydrogen (secondary N) is 2. The monoisotopic (exact) mass is 472 g/mol. The van der Waals surface area contributed by atoms with E-state index in [1.165, 1.54) is 4.90 Å². The van der Waals surface area contributed by atoms with Crippen LogP contribution >= 0.6 is 0 Å². The first kappa shape index (κ1) is 23.5. The van der Waals surface area contributed by atoms with Crippen molar-refractivity contribution in [1.29, 1.82) is 0 Å². The molecule has 2 amide bonds. The minimum atomic E-state index is -1.75. The SMILES string of the molecule is O=C(O)CNC(=O)C1(Cc2ccccc2)NC(O)=CC(=O)N1Cc1ccc(-c2ccncc2)cc1. The summed E-state index contributed by atoms with van der Waals surface area (Å²) in [6.45, 7) is -0.593. The van der Waals surface area contributed by atoms with Gasteiger partial charge < -0.3 is 25.7 Å². The van der Waals surface area contributed by atoms with Crippen LogP contribution in [0.1, 0.15) is 11.1 Å². The molecule has 0 aliphatic carbocycles. The second-order valence-electron chi connectivity index (χ2n) is 8.11. The lowest BCUT2D eigenvalue weighted by atomic mass is 9.93. The lowest BCUT2D eigenvalue weighted by Crippen LogP contribution is -2.71. The maximum absolute atomic E-state index is 13.4. The number of aliphatic hydroxyl groups excluding tert-OH is 1. The first-order valence-corrected chi connectivity index (χ1v) is 10.9. The van der Waals surface area contributed by atoms with Gasteiger partial charge in [-0.3, -0.25) is 19.4 Å². The molecule has 9 heteroatoms. The highest BCUT2D eigenvalue weighted by molar-refractivity contribution is 5.98. The summed E-state index contributed by atoms with van der Waals surface area (Å²) >= 11 is 0. The van der Waals surface area contributed by atoms with Crippen molar-refractivity contribution in [3.8, 4) is 11.1 Å². The highest BCUT2D eigenvalue weighted by Gasteiger charge is 2.49. The van der Waals surface area contributed by atoms with E-state index in [9.17, 15) is 19.5 Å². The van der Waals surface area contributed by atoms with Gasteiger partial charge in [0.2, 0.25) is 5.66 Å². The van der Waals surface area contributed by atoms with Gasteiger partial charge in [-0.25, -0.2) is 0 Å². The van der Waals surface area contributed by atoms with Gasteiger partial charge in [0.05, 0.1) is 6.08 Å². The predicted octanol–water partition coefficient (Wildman–Crippen LogP) is 2.22. The van der Waals surface area contributed by atoms with Crippen molar-refractivity contribution in [2.75, 3.05) is 6.54 Å². The number of carbonyl (C=O) groups is 3. The number of pyridine rings is 1. The van der Waals surface area contributed by atoms with E-state index in [2.05, 4.69) is 15.6 Å². The molecule has 1 aromatic heterocycles. The quantitative estimate of drug-likeness (QED) is 0.395. The van der Waals surface area contributed by atoms with Gasteiger partial charge in [-0.2, -0.15) is 0 Å². The Morgan fingerprint density at radius 1 is 0.943 bits per heavy atom. The van der Waals surface area contributed by atoms with Gasteiger partial charge in [0.1, 0.15) is 6.54 Å². The standard InChI is InChI=1S/C26H24N4O5/c31-22-14-23(32)30(17-19-6-8-20(9-7-19)21-10-12-27-13-11-21)26(29-22,25(35)28-16-24(33)34)15-18-4-2-1-3-5-18/h1-14,29,31H,15-17H2,(H,28,35)(H,33,34). The Hall–Kier alpha value is -4.66. The van der Waals surface area contributed by atoms with Crippen molar-refractivity contribution in [3.63, 3.8) is 0 Å². The normalized spacial score (nSPS) is 17.3. The van der Waals surface area contributed by atoms with Crippen molar-refractivity contribution in [1.82, 2.24) is 20.5 Å². The largest absolute Gasteiger partial charge is 0.495 e. The lowest BCUT2D eigenvalue weighted by Gasteiger charge is -2.45. The Balaban J connectivity index is 1.69. The minimum Gasteiger partial charge on any atom is -0.495 e. The number of hydrogen-bond donors (Lipinski definition) is 4. The molecule has 2 heterocycles. The van der Waals surface area contributed by atoms with Crippen molar-refractivity contribution >= 4 is 17.8 Å². The highest BCUT2D eigenvalue weighted by atomic mass is 16.4. The number of aliphatic hydroxyl groups is 1. The summed E-state index contributed by atoms with van der Waals surface area (Å²) in [4.78, 5) is 42.9. The van der Waals surface area contributed by atoms with Crippen LogP contribution in [0.4, 0.5) is 0 Å². The van der Waals surface area contributed by atoms with Crippen molar-refractivity contribution in [3.05, 3.63) is 102 Å². The molecule has 9 nitrogen and oxygen atoms in total. The summed E-state index contributed by atoms with van der Waals surface area (Å²) < 4.78 is 0. The summed E-state index contributed by atoms with van der Waals surface area (Å²) in [7, 11) is 0. The van der Waals surface area contributed by atoms with E-state index < -0.39 is 35.9 Å². The maximum atomic E-state index is 13.4. The van der Waals surface area contributed by atoms with Crippen molar-refractivity contribution in [2.45, 2.75) is 18.6 Å². The minimum absolute atomic E-state index is 0.00195. The topological polar surface area (TPSA) is 132 Å². The molecule has 0 bridgehead atoms. The summed E-state index contributed by atoms with van der Waals surface area (Å²) in [5, 5.41) is 24.5. The third kappa shape index (κ3) is 5.30. The van der Waals surface area contributed by atoms with E-state index in [0.29, 0.717) is 5.56 Å². The molecule has 0 spiro atoms. The van der Waals surface area contributed by atoms with E-state index in [-0.39, 0.29) is 13.0 Å². The third-order valence-electron chi connectivity index (χ3n) is 5.71. The zero-order chi connectivity index (χ0) is 24.8. The molecule has 1 atom stereocenters. The Labute approximate surface area is 201 Å². The van der Waals surface area contributed by atoms with Crippen LogP contribution in [0, 0.1) is 0 Å². The van der Waals surface area contributed by atoms with E-state index in [1.54, 1.807) is 36.7 Å². The predicted molar refractivity (Wildman–Crippen MR) is 128 cm³/mol. The van der Waals surface area contributed by atoms with Gasteiger partial charge in [0, 0.05) is 25.4 Å². The number of amides is 2. The van der Waals surface area contributed by atoms with Crippen LogP contribution in [0.3, 0.4) is 0 Å². The number of benzene rings is 2. The summed E-state index contributed by atoms with van der Waals surface area (Å²) in [6, 6.07) is 20.3. The molecule has 35 heavy (non-hydrogen) atoms. The number of carboxylic acid groups (broad SMARTS) is 1. The molecule has 1 aliphatic rings. The molecule has 2 aromatic carbocycles. The zero-order valence-electron chi connectivity index (χ0n) is 18.7. The number of carboxylic acids is 1. The second kappa shape index (κ2) is 10.1. The van der Waals surface area contributed by atoms with Gasteiger partial charge in [-0.15, -0.1) is 0 Å². The van der Waals surface area contributed by atoms with Crippen molar-refractivity contribution < 1.29 is 24.6 Å². The molecule has 0 saturated heterocycles. The number of aromatic nitrogens is 1. The van der Waals surface area contributed by atoms with Gasteiger partial charge in [-0.05, 0) is 34.4 Å². The van der Waals surface area contributed by atoms with Gasteiger partial charge in [-0.1, -0.05) is 54.6 Å². The van der Waals surface area contributed by atoms with E-state index in [4.69, 9.17) is 5.11 Å². The van der Waals surface area contributed by atoms with Crippen LogP contribution in [0.2, 0.25) is 0 Å². The molecular formula is C26H24N4O5. The molecule has 1 aliphatic heterocycles. The maximum Gasteiger partial charge on any atom is 0.322 e. The Morgan fingerprint density at radius 3 is 2.26 bits per heavy atom. The van der Waals surface area contributed by atoms with Gasteiger partial charge in [0.15, 0.2) is 5.88 Å². The number of carbonyl (C=O) groups excluding carboxylic acids is 2. The molecule has 1 unspecified atom stereocenters. The fourth-order valence-electron chi connectivity index (χ4n) is 4.03. The van der Waals surface area contributed by atoms with Gasteiger partial charge >= 0.3 is 5.97 Å². The second-order valence-corrected chi connectivity index (χ2v) is 8.11. The first-order chi connectivity index (χ1) is 16.9. The molecule has 0 fully saturated rings. The van der Waals surface area contributed by atoms with E-state index in [0.717, 1.165) is 22.8 Å². The Morgan fingerprint density at radius 2 is 1.60 bits per heavy atom. The number of aliphatic carboxylic acids is 1. The highest BCUT2D eigenvalue weighted by Crippen LogP contribution is 2.28. The van der Waals surface area contributed by atoms with Crippen molar-refractivity contribution in [2.24, 2.45) is 0 Å². The molecule has 3 aromatic rings. The summed E-state index contributed by atoms with van der Waals surface area (Å²) in [6.07, 6.45) is 4.40. The van der Waals surface area contributed by atoms with Crippen LogP contribution in [0.15, 0.2) is 91.1 Å². The number of nitrogens with zero attached hydrogens (tertiary/aromatic N) is 2. The smallest absolute Gasteiger partial charge is 0.322 e. The summed E-state index contributed by atoms with van der Waals surface area (Å²) in [5.74, 6) is -3.03. The Bertz CT molecular complexity index is 1250. The fourth-order valence-corrected chi connectivity index (χ4v) is 4.03. The molecule has 4 N–H and O–H groups in total. The fraction of sp³-hybridized carbons (Fsp3) is 0.154. The molecule has 178 valence electrons. The molecule has 0 radical (unpaired) electrons. The summed E-state index contributed by atoms with van der Waals surface area (Å²) in [5.41, 5.74) is 1.66. The number of rotatable bonds is 8. The Kier molecular flexibility index (Phi) is 6.77. The van der Waals surface area contributed by atoms with Crippen LogP contribution in [-0.2, 0) is 27.3 Å². The van der Waals surface area contributed by atoms with Crippen LogP contribution < -0.4 is 10.6 Å². The van der Waals surface area contributed by atoms with Gasteiger partial charge in [0.25, 0.3) is 11.8 Å². The molecule has 0 saturated carbocycles. The lowest BCUT2D eigenvalue weighted by molar-refractivity contribution is -0.151. The first-order valence-electron chi connectivity index (χ1n) is 10.9. The van der Waals surface area contributed by atoms with E-state index >= 15 is 0 Å². The average molecular weight is 473 g/mol. The van der Waals surface area contributed by atoms with Crippen LogP contribution in [0.5, 0.6) is 0 Å².